The van der Waals surface area contributed by atoms with Crippen LogP contribution >= 0.6 is 34.8 Å². The minimum Gasteiger partial charge on any atom is -0.345 e. The van der Waals surface area contributed by atoms with Crippen LogP contribution in [-0.2, 0) is 19.2 Å². The van der Waals surface area contributed by atoms with Crippen LogP contribution in [0.25, 0.3) is 67.3 Å². The number of nitrogens with one attached hydrogen (secondary N) is 7. The third-order valence-electron chi connectivity index (χ3n) is 17.0. The highest BCUT2D eigenvalue weighted by Gasteiger charge is 2.42. The number of amides is 8. The topological polar surface area (TPSA) is 337 Å². The number of hydrogen-bond acceptors (Lipinski definition) is 18. The number of hydrogen-bond donors (Lipinski definition) is 7. The summed E-state index contributed by atoms with van der Waals surface area (Å²) >= 11 is 18.3. The molecule has 12 heterocycles. The summed E-state index contributed by atoms with van der Waals surface area (Å²) in [5, 5.41) is 11.9. The normalized spacial score (nSPS) is 16.5. The van der Waals surface area contributed by atoms with Gasteiger partial charge in [-0.05, 0) is 48.2 Å². The minimum atomic E-state index is -4.57. The Kier molecular flexibility index (Phi) is 24.9. The third kappa shape index (κ3) is 20.5. The van der Waals surface area contributed by atoms with E-state index in [1.165, 1.54) is 56.8 Å². The van der Waals surface area contributed by atoms with Gasteiger partial charge in [-0.25, -0.2) is 54.4 Å². The molecule has 7 N–H and O–H groups in total. The van der Waals surface area contributed by atoms with Gasteiger partial charge in [0.2, 0.25) is 23.6 Å². The molecule has 0 radical (unpaired) electrons. The number of alkyl halides is 9. The number of urea groups is 2. The molecule has 0 saturated carbocycles. The predicted molar refractivity (Wildman–Crippen MR) is 398 cm³/mol. The van der Waals surface area contributed by atoms with Gasteiger partial charge in [0.25, 0.3) is 0 Å². The zero-order valence-corrected chi connectivity index (χ0v) is 60.9. The van der Waals surface area contributed by atoms with Crippen molar-refractivity contribution in [3.05, 3.63) is 107 Å². The number of anilines is 3. The molecule has 590 valence electrons. The highest BCUT2D eigenvalue weighted by molar-refractivity contribution is 6.32. The lowest BCUT2D eigenvalue weighted by Crippen LogP contribution is -2.62. The van der Waals surface area contributed by atoms with Gasteiger partial charge in [0, 0.05) is 165 Å². The Bertz CT molecular complexity index is 4770. The van der Waals surface area contributed by atoms with Crippen LogP contribution in [0.1, 0.15) is 50.5 Å². The number of nitrogens with zero attached hydrogens (tertiary/aromatic N) is 16. The fourth-order valence-electron chi connectivity index (χ4n) is 11.9. The molecule has 3 aliphatic heterocycles. The number of halogens is 12. The summed E-state index contributed by atoms with van der Waals surface area (Å²) in [6.07, 6.45) is 1.32. The number of carbonyl (C=O) groups is 6. The first-order valence-electron chi connectivity index (χ1n) is 33.5. The van der Waals surface area contributed by atoms with Gasteiger partial charge in [-0.1, -0.05) is 62.5 Å². The molecule has 41 heteroatoms. The van der Waals surface area contributed by atoms with Crippen LogP contribution in [0.3, 0.4) is 0 Å². The molecule has 12 rings (SSSR count). The molecule has 29 nitrogen and oxygen atoms in total. The van der Waals surface area contributed by atoms with Crippen LogP contribution < -0.4 is 36.0 Å². The summed E-state index contributed by atoms with van der Waals surface area (Å²) in [5.41, 5.74) is 3.35. The number of aromatic nitrogens is 12. The van der Waals surface area contributed by atoms with E-state index in [9.17, 15) is 68.3 Å². The summed E-state index contributed by atoms with van der Waals surface area (Å²) in [6.45, 7) is 4.79. The van der Waals surface area contributed by atoms with Crippen molar-refractivity contribution < 1.29 is 78.3 Å². The van der Waals surface area contributed by atoms with E-state index in [2.05, 4.69) is 65.1 Å². The van der Waals surface area contributed by atoms with E-state index in [0.717, 1.165) is 6.42 Å². The van der Waals surface area contributed by atoms with E-state index in [1.54, 1.807) is 83.8 Å². The van der Waals surface area contributed by atoms with Gasteiger partial charge in [0.15, 0.2) is 17.5 Å². The van der Waals surface area contributed by atoms with Crippen molar-refractivity contribution in [1.29, 1.82) is 0 Å². The number of fused-ring (bicyclic) bond motifs is 3. The number of rotatable bonds is 15. The van der Waals surface area contributed by atoms with Crippen LogP contribution in [0.4, 0.5) is 66.6 Å². The van der Waals surface area contributed by atoms with E-state index in [4.69, 9.17) is 34.8 Å². The van der Waals surface area contributed by atoms with Crippen LogP contribution in [0.5, 0.6) is 0 Å². The van der Waals surface area contributed by atoms with Crippen molar-refractivity contribution in [2.24, 2.45) is 5.41 Å². The lowest BCUT2D eigenvalue weighted by molar-refractivity contribution is -0.141. The van der Waals surface area contributed by atoms with E-state index in [-0.39, 0.29) is 92.1 Å². The van der Waals surface area contributed by atoms with Crippen molar-refractivity contribution >= 4 is 121 Å². The number of H-pyrrole nitrogens is 3. The van der Waals surface area contributed by atoms with Crippen molar-refractivity contribution in [1.82, 2.24) is 101 Å². The lowest BCUT2D eigenvalue weighted by Gasteiger charge is -2.41. The quantitative estimate of drug-likeness (QED) is 0.0469. The molecule has 3 atom stereocenters. The Balaban J connectivity index is 0.000000433. The Labute approximate surface area is 635 Å². The second kappa shape index (κ2) is 33.7. The fourth-order valence-corrected chi connectivity index (χ4v) is 12.4. The molecule has 0 aliphatic carbocycles. The standard InChI is InChI=1S/C24H27ClF3N7O2.C22H24ClF3N8O2.C21H22ClF3N8O2.7H2/c1-23(2,3)9-19(36)34-6-7-35(17(12-34)22(37)32-13-24(26,27)28)18-4-5-29-21(33-18)16-11-31-20-15(16)8-14(25)10-30-20;1-2-4-28-21(36)33-6-7-34(16(11-33)20(35)31-12-22(24,25)26)17-3-5-27-19(32-17)15-10-30-18-14(15)8-13(23)9-29-18;1-31(2)20(35)32-5-6-33(15(10-32)19(34)29-11-21(23,24)25)16-3-4-26-18(30-16)14-9-28-17-13(14)7-12(22)8-27-17;;;;;;;/h4-5,8,10-11,17H,6-7,9,12-13H2,1-3H3,(H,30,31)(H,32,37);3,5,8-10,16H,2,4,6-7,11-12H2,1H3,(H,28,36)(H,29,30)(H,31,35);3-4,7-9,15H,5-6,10-11H2,1-2H3,(H,27,28)(H,29,34);7*1H/t17-;16-;15-;;;;;;;/m111......./s1. The van der Waals surface area contributed by atoms with Crippen molar-refractivity contribution in [3.63, 3.8) is 0 Å². The zero-order valence-electron chi connectivity index (χ0n) is 58.6. The summed E-state index contributed by atoms with van der Waals surface area (Å²) in [7, 11) is 3.12. The average Bonchev–Trinajstić information content (AvgIpc) is 1.75. The summed E-state index contributed by atoms with van der Waals surface area (Å²) < 4.78 is 115. The van der Waals surface area contributed by atoms with E-state index >= 15 is 0 Å². The molecule has 0 bridgehead atoms. The molecule has 3 saturated heterocycles. The van der Waals surface area contributed by atoms with Gasteiger partial charge in [-0.2, -0.15) is 39.5 Å². The smallest absolute Gasteiger partial charge is 0.345 e. The van der Waals surface area contributed by atoms with Gasteiger partial charge >= 0.3 is 30.6 Å². The molecule has 108 heavy (non-hydrogen) atoms. The fraction of sp³-hybridized carbons (Fsp3) is 0.418. The SMILES string of the molecule is CC(C)(C)CC(=O)N1CCN(c2ccnc(-c3c[nH]c4ncc(Cl)cc34)n2)[C@@H](C(=O)NCC(F)(F)F)C1.CCCNC(=O)N1CCN(c2ccnc(-c3c[nH]c4ncc(Cl)cc34)n2)[C@@H](C(=O)NCC(F)(F)F)C1.CN(C)C(=O)N1CCN(c2ccnc(-c3c[nH]c4ncc(Cl)cc34)n2)[C@@H](C(=O)NCC(F)(F)F)C1.[HH].[HH].[HH].[HH].[HH].[HH].[HH]. The molecule has 0 aromatic carbocycles. The Morgan fingerprint density at radius 3 is 1.17 bits per heavy atom. The van der Waals surface area contributed by atoms with E-state index in [0.29, 0.717) is 113 Å². The molecule has 9 aromatic rings. The first kappa shape index (κ1) is 79.9. The second-order valence-corrected chi connectivity index (χ2v) is 27.8. The van der Waals surface area contributed by atoms with Crippen molar-refractivity contribution in [2.45, 2.75) is 77.2 Å². The number of aromatic amines is 3. The van der Waals surface area contributed by atoms with Gasteiger partial charge in [0.1, 0.15) is 72.2 Å². The number of pyridine rings is 3. The van der Waals surface area contributed by atoms with Gasteiger partial charge in [-0.15, -0.1) is 0 Å². The maximum absolute atomic E-state index is 12.9. The molecule has 0 unspecified atom stereocenters. The maximum atomic E-state index is 12.9. The first-order chi connectivity index (χ1) is 51.0. The Morgan fingerprint density at radius 1 is 0.500 bits per heavy atom. The van der Waals surface area contributed by atoms with E-state index < -0.39 is 74.0 Å². The van der Waals surface area contributed by atoms with Gasteiger partial charge in [-0.3, -0.25) is 19.2 Å². The Hall–Kier alpha value is -10.6. The molecule has 3 aliphatic rings. The second-order valence-electron chi connectivity index (χ2n) is 26.5. The molecular formula is C67H87Cl3F9N23O6. The molecule has 0 spiro atoms. The largest absolute Gasteiger partial charge is 0.405 e. The Morgan fingerprint density at radius 2 is 0.833 bits per heavy atom. The highest BCUT2D eigenvalue weighted by atomic mass is 35.5. The highest BCUT2D eigenvalue weighted by Crippen LogP contribution is 2.34. The molecular weight excluding hydrogens is 1500 g/mol. The van der Waals surface area contributed by atoms with Crippen molar-refractivity contribution in [3.8, 4) is 34.2 Å². The monoisotopic (exact) mass is 1590 g/mol. The molecule has 8 amide bonds. The maximum Gasteiger partial charge on any atom is 0.405 e. The zero-order chi connectivity index (χ0) is 78.2. The number of carbonyl (C=O) groups excluding carboxylic acids is 6. The van der Waals surface area contributed by atoms with Crippen LogP contribution in [0.2, 0.25) is 15.1 Å². The summed E-state index contributed by atoms with van der Waals surface area (Å²) in [6, 6.07) is 5.91. The molecule has 9 aromatic heterocycles. The third-order valence-corrected chi connectivity index (χ3v) is 17.6. The molecule has 3 fully saturated rings. The van der Waals surface area contributed by atoms with E-state index in [1.807, 2.05) is 43.6 Å². The number of piperazine rings is 3. The van der Waals surface area contributed by atoms with Crippen LogP contribution in [0.15, 0.2) is 92.2 Å². The van der Waals surface area contributed by atoms with Crippen LogP contribution in [-0.4, -0.2) is 251 Å². The summed E-state index contributed by atoms with van der Waals surface area (Å²) in [5.74, 6) is -0.725. The minimum absolute atomic E-state index is 0. The first-order valence-corrected chi connectivity index (χ1v) is 34.6. The summed E-state index contributed by atoms with van der Waals surface area (Å²) in [4.78, 5) is 135. The van der Waals surface area contributed by atoms with Gasteiger partial charge < -0.3 is 70.5 Å². The lowest BCUT2D eigenvalue weighted by atomic mass is 9.91. The van der Waals surface area contributed by atoms with Crippen molar-refractivity contribution in [2.75, 3.05) is 114 Å². The average molecular weight is 1590 g/mol. The van der Waals surface area contributed by atoms with Gasteiger partial charge in [0.05, 0.1) is 34.7 Å². The van der Waals surface area contributed by atoms with Crippen LogP contribution in [0, 0.1) is 5.41 Å². The predicted octanol–water partition coefficient (Wildman–Crippen LogP) is 11.0.